The molecule has 3 heterocycles. The summed E-state index contributed by atoms with van der Waals surface area (Å²) in [7, 11) is 0. The first-order chi connectivity index (χ1) is 13.3. The first-order valence-electron chi connectivity index (χ1n) is 8.85. The van der Waals surface area contributed by atoms with Gasteiger partial charge in [-0.25, -0.2) is 18.4 Å². The van der Waals surface area contributed by atoms with Gasteiger partial charge in [0.2, 0.25) is 5.91 Å². The third kappa shape index (κ3) is 4.37. The van der Waals surface area contributed by atoms with E-state index in [-0.39, 0.29) is 18.0 Å². The average Bonchev–Trinajstić information content (AvgIpc) is 3.10. The molecule has 0 fully saturated rings. The third-order valence-electron chi connectivity index (χ3n) is 4.34. The van der Waals surface area contributed by atoms with E-state index in [0.717, 1.165) is 10.2 Å². The van der Waals surface area contributed by atoms with Crippen molar-refractivity contribution in [1.82, 2.24) is 29.9 Å². The highest BCUT2D eigenvalue weighted by atomic mass is 79.9. The minimum absolute atomic E-state index is 0.0735. The summed E-state index contributed by atoms with van der Waals surface area (Å²) in [6.07, 6.45) is -0.0181. The molecule has 28 heavy (non-hydrogen) atoms. The number of fused-ring (bicyclic) bond motifs is 1. The van der Waals surface area contributed by atoms with Crippen LogP contribution in [0.25, 0.3) is 11.0 Å². The molecule has 0 aliphatic rings. The normalized spacial score (nSPS) is 11.5. The Morgan fingerprint density at radius 1 is 1.25 bits per heavy atom. The van der Waals surface area contributed by atoms with Gasteiger partial charge in [-0.2, -0.15) is 10.2 Å². The van der Waals surface area contributed by atoms with Gasteiger partial charge in [-0.1, -0.05) is 0 Å². The molecule has 3 rings (SSSR count). The van der Waals surface area contributed by atoms with E-state index in [2.05, 4.69) is 36.4 Å². The van der Waals surface area contributed by atoms with Crippen LogP contribution in [0.15, 0.2) is 16.7 Å². The van der Waals surface area contributed by atoms with Crippen molar-refractivity contribution >= 4 is 32.9 Å². The number of nitrogens with zero attached hydrogens (tertiary/aromatic N) is 5. The zero-order valence-corrected chi connectivity index (χ0v) is 17.4. The molecule has 0 spiro atoms. The molecule has 7 nitrogen and oxygen atoms in total. The molecule has 0 atom stereocenters. The summed E-state index contributed by atoms with van der Waals surface area (Å²) < 4.78 is 30.8. The van der Waals surface area contributed by atoms with E-state index in [9.17, 15) is 13.6 Å². The Balaban J connectivity index is 1.63. The molecule has 0 saturated carbocycles. The van der Waals surface area contributed by atoms with Crippen LogP contribution in [0.1, 0.15) is 35.5 Å². The summed E-state index contributed by atoms with van der Waals surface area (Å²) in [5.41, 5.74) is 2.01. The maximum absolute atomic E-state index is 13.3. The molecular formula is C18H21BrF2N6O. The van der Waals surface area contributed by atoms with Crippen molar-refractivity contribution in [3.63, 3.8) is 0 Å². The maximum atomic E-state index is 13.3. The topological polar surface area (TPSA) is 77.6 Å². The predicted octanol–water partition coefficient (Wildman–Crippen LogP) is 3.46. The van der Waals surface area contributed by atoms with Gasteiger partial charge in [-0.05, 0) is 49.2 Å². The zero-order chi connectivity index (χ0) is 20.4. The van der Waals surface area contributed by atoms with Crippen molar-refractivity contribution in [2.45, 2.75) is 46.7 Å². The second kappa shape index (κ2) is 8.34. The number of aryl methyl sites for hydroxylation is 4. The Labute approximate surface area is 169 Å². The van der Waals surface area contributed by atoms with Gasteiger partial charge in [0.1, 0.15) is 6.54 Å². The quantitative estimate of drug-likeness (QED) is 0.554. The Morgan fingerprint density at radius 3 is 2.64 bits per heavy atom. The van der Waals surface area contributed by atoms with Crippen molar-refractivity contribution in [3.8, 4) is 0 Å². The summed E-state index contributed by atoms with van der Waals surface area (Å²) >= 11 is 3.41. The standard InChI is InChI=1S/C18H21BrF2N6O/c1-10-7-13(17(20)21)16-12(3)25-27(18(16)23-10)9-15(28)22-5-4-6-26-8-14(19)11(2)24-26/h7-8,17H,4-6,9H2,1-3H3,(H,22,28). The van der Waals surface area contributed by atoms with Crippen LogP contribution in [0.3, 0.4) is 0 Å². The third-order valence-corrected chi connectivity index (χ3v) is 5.12. The monoisotopic (exact) mass is 454 g/mol. The van der Waals surface area contributed by atoms with Gasteiger partial charge in [-0.15, -0.1) is 0 Å². The maximum Gasteiger partial charge on any atom is 0.264 e. The highest BCUT2D eigenvalue weighted by Crippen LogP contribution is 2.29. The van der Waals surface area contributed by atoms with Crippen molar-refractivity contribution in [2.24, 2.45) is 0 Å². The molecular weight excluding hydrogens is 434 g/mol. The number of carbonyl (C=O) groups is 1. The summed E-state index contributed by atoms with van der Waals surface area (Å²) in [6.45, 7) is 6.28. The Bertz CT molecular complexity index is 994. The summed E-state index contributed by atoms with van der Waals surface area (Å²) in [5.74, 6) is -0.246. The number of aromatic nitrogens is 5. The van der Waals surface area contributed by atoms with Gasteiger partial charge in [0.25, 0.3) is 6.43 Å². The smallest absolute Gasteiger partial charge is 0.264 e. The molecule has 10 heteroatoms. The van der Waals surface area contributed by atoms with Crippen molar-refractivity contribution in [3.05, 3.63) is 39.4 Å². The second-order valence-corrected chi connectivity index (χ2v) is 7.48. The lowest BCUT2D eigenvalue weighted by Gasteiger charge is -2.08. The molecule has 3 aromatic rings. The summed E-state index contributed by atoms with van der Waals surface area (Å²) in [6, 6.07) is 1.36. The van der Waals surface area contributed by atoms with Crippen molar-refractivity contribution in [1.29, 1.82) is 0 Å². The Morgan fingerprint density at radius 2 is 2.00 bits per heavy atom. The fourth-order valence-electron chi connectivity index (χ4n) is 3.07. The summed E-state index contributed by atoms with van der Waals surface area (Å²) in [5, 5.41) is 11.7. The highest BCUT2D eigenvalue weighted by molar-refractivity contribution is 9.10. The van der Waals surface area contributed by atoms with E-state index in [1.54, 1.807) is 13.8 Å². The molecule has 0 saturated heterocycles. The van der Waals surface area contributed by atoms with Crippen LogP contribution in [-0.2, 0) is 17.9 Å². The molecule has 0 bridgehead atoms. The number of hydrogen-bond acceptors (Lipinski definition) is 4. The van der Waals surface area contributed by atoms with Crippen LogP contribution >= 0.6 is 15.9 Å². The van der Waals surface area contributed by atoms with E-state index >= 15 is 0 Å². The second-order valence-electron chi connectivity index (χ2n) is 6.62. The molecule has 1 amide bonds. The van der Waals surface area contributed by atoms with E-state index in [1.165, 1.54) is 10.7 Å². The van der Waals surface area contributed by atoms with E-state index in [4.69, 9.17) is 0 Å². The minimum Gasteiger partial charge on any atom is -0.354 e. The number of nitrogens with one attached hydrogen (secondary N) is 1. The van der Waals surface area contributed by atoms with Gasteiger partial charge in [-0.3, -0.25) is 9.48 Å². The van der Waals surface area contributed by atoms with E-state index in [1.807, 2.05) is 17.8 Å². The number of halogens is 3. The van der Waals surface area contributed by atoms with Crippen LogP contribution in [0.4, 0.5) is 8.78 Å². The van der Waals surface area contributed by atoms with Crippen LogP contribution in [-0.4, -0.2) is 37.0 Å². The van der Waals surface area contributed by atoms with Gasteiger partial charge in [0.15, 0.2) is 5.65 Å². The molecule has 0 radical (unpaired) electrons. The van der Waals surface area contributed by atoms with Crippen molar-refractivity contribution in [2.75, 3.05) is 6.54 Å². The van der Waals surface area contributed by atoms with Gasteiger partial charge >= 0.3 is 0 Å². The number of hydrogen-bond donors (Lipinski definition) is 1. The minimum atomic E-state index is -2.62. The molecule has 1 N–H and O–H groups in total. The molecule has 0 aliphatic heterocycles. The fourth-order valence-corrected chi connectivity index (χ4v) is 3.38. The molecule has 0 aliphatic carbocycles. The predicted molar refractivity (Wildman–Crippen MR) is 104 cm³/mol. The van der Waals surface area contributed by atoms with Crippen LogP contribution in [0.2, 0.25) is 0 Å². The zero-order valence-electron chi connectivity index (χ0n) is 15.8. The lowest BCUT2D eigenvalue weighted by atomic mass is 10.1. The van der Waals surface area contributed by atoms with E-state index < -0.39 is 6.43 Å². The first-order valence-corrected chi connectivity index (χ1v) is 9.64. The van der Waals surface area contributed by atoms with Crippen LogP contribution in [0.5, 0.6) is 0 Å². The van der Waals surface area contributed by atoms with Crippen LogP contribution in [0, 0.1) is 20.8 Å². The SMILES string of the molecule is Cc1cc(C(F)F)c2c(C)nn(CC(=O)NCCCn3cc(Br)c(C)n3)c2n1. The Hall–Kier alpha value is -2.36. The number of alkyl halides is 2. The van der Waals surface area contributed by atoms with Gasteiger partial charge in [0.05, 0.1) is 21.2 Å². The van der Waals surface area contributed by atoms with Gasteiger partial charge in [0, 0.05) is 30.5 Å². The van der Waals surface area contributed by atoms with Crippen molar-refractivity contribution < 1.29 is 13.6 Å². The van der Waals surface area contributed by atoms with E-state index in [0.29, 0.717) is 41.9 Å². The first kappa shape index (κ1) is 20.4. The Kier molecular flexibility index (Phi) is 6.07. The fraction of sp³-hybridized carbons (Fsp3) is 0.444. The molecule has 0 aromatic carbocycles. The number of pyridine rings is 1. The van der Waals surface area contributed by atoms with Crippen LogP contribution < -0.4 is 5.32 Å². The number of rotatable bonds is 7. The molecule has 150 valence electrons. The largest absolute Gasteiger partial charge is 0.354 e. The lowest BCUT2D eigenvalue weighted by Crippen LogP contribution is -2.29. The number of amides is 1. The number of carbonyl (C=O) groups excluding carboxylic acids is 1. The van der Waals surface area contributed by atoms with Gasteiger partial charge < -0.3 is 5.32 Å². The lowest BCUT2D eigenvalue weighted by molar-refractivity contribution is -0.121. The molecule has 3 aromatic heterocycles. The molecule has 0 unspecified atom stereocenters. The summed E-state index contributed by atoms with van der Waals surface area (Å²) in [4.78, 5) is 16.6. The average molecular weight is 455 g/mol. The highest BCUT2D eigenvalue weighted by Gasteiger charge is 2.20.